The summed E-state index contributed by atoms with van der Waals surface area (Å²) in [6.45, 7) is 4.75. The number of hydrogen-bond donors (Lipinski definition) is 0. The van der Waals surface area contributed by atoms with Crippen LogP contribution in [-0.2, 0) is 4.74 Å². The van der Waals surface area contributed by atoms with Crippen LogP contribution in [-0.4, -0.2) is 25.3 Å². The lowest BCUT2D eigenvalue weighted by Crippen LogP contribution is -2.47. The first-order valence-electron chi connectivity index (χ1n) is 5.81. The third kappa shape index (κ3) is 2.16. The van der Waals surface area contributed by atoms with Crippen molar-refractivity contribution in [1.82, 2.24) is 0 Å². The Labute approximate surface area is 105 Å². The van der Waals surface area contributed by atoms with Crippen LogP contribution in [0.4, 0.5) is 14.5 Å². The second-order valence-electron chi connectivity index (χ2n) is 4.52. The zero-order valence-corrected chi connectivity index (χ0v) is 10.3. The molecule has 0 bridgehead atoms. The highest BCUT2D eigenvalue weighted by molar-refractivity contribution is 5.53. The van der Waals surface area contributed by atoms with E-state index in [1.165, 1.54) is 12.1 Å². The predicted octanol–water partition coefficient (Wildman–Crippen LogP) is 2.45. The summed E-state index contributed by atoms with van der Waals surface area (Å²) in [5.74, 6) is -2.05. The summed E-state index contributed by atoms with van der Waals surface area (Å²) in [4.78, 5) is 1.77. The standard InChI is InChI=1S/C13H14F2N2O/c1-8-7-18-9(2)6-17(8)11-4-3-10(5-16)12(14)13(11)15/h3-4,8-9H,6-7H2,1-2H3. The molecule has 0 radical (unpaired) electrons. The van der Waals surface area contributed by atoms with Crippen LogP contribution < -0.4 is 4.90 Å². The maximum atomic E-state index is 13.9. The molecule has 1 heterocycles. The molecule has 0 spiro atoms. The Morgan fingerprint density at radius 2 is 2.06 bits per heavy atom. The molecule has 3 nitrogen and oxygen atoms in total. The lowest BCUT2D eigenvalue weighted by molar-refractivity contribution is 0.0340. The molecule has 2 rings (SSSR count). The van der Waals surface area contributed by atoms with Crippen LogP contribution in [0.1, 0.15) is 19.4 Å². The first-order valence-corrected chi connectivity index (χ1v) is 5.81. The van der Waals surface area contributed by atoms with Crippen LogP contribution >= 0.6 is 0 Å². The van der Waals surface area contributed by atoms with Crippen LogP contribution in [0.15, 0.2) is 12.1 Å². The summed E-state index contributed by atoms with van der Waals surface area (Å²) >= 11 is 0. The average Bonchev–Trinajstić information content (AvgIpc) is 2.36. The zero-order chi connectivity index (χ0) is 13.3. The molecule has 1 fully saturated rings. The van der Waals surface area contributed by atoms with Gasteiger partial charge in [0.1, 0.15) is 6.07 Å². The number of halogens is 2. The summed E-state index contributed by atoms with van der Waals surface area (Å²) < 4.78 is 33.0. The average molecular weight is 252 g/mol. The zero-order valence-electron chi connectivity index (χ0n) is 10.3. The van der Waals surface area contributed by atoms with E-state index < -0.39 is 11.6 Å². The van der Waals surface area contributed by atoms with E-state index in [0.717, 1.165) is 0 Å². The van der Waals surface area contributed by atoms with Gasteiger partial charge in [0.05, 0.1) is 24.0 Å². The van der Waals surface area contributed by atoms with Gasteiger partial charge in [0.15, 0.2) is 11.6 Å². The highest BCUT2D eigenvalue weighted by atomic mass is 19.2. The van der Waals surface area contributed by atoms with Gasteiger partial charge in [-0.05, 0) is 26.0 Å². The number of anilines is 1. The maximum absolute atomic E-state index is 13.9. The van der Waals surface area contributed by atoms with Gasteiger partial charge < -0.3 is 9.64 Å². The van der Waals surface area contributed by atoms with Crippen molar-refractivity contribution >= 4 is 5.69 Å². The number of morpholine rings is 1. The van der Waals surface area contributed by atoms with E-state index in [0.29, 0.717) is 13.2 Å². The summed E-state index contributed by atoms with van der Waals surface area (Å²) in [5, 5.41) is 8.65. The van der Waals surface area contributed by atoms with Gasteiger partial charge in [0.25, 0.3) is 0 Å². The second-order valence-corrected chi connectivity index (χ2v) is 4.52. The fraction of sp³-hybridized carbons (Fsp3) is 0.462. The molecule has 1 aromatic rings. The Balaban J connectivity index is 2.39. The topological polar surface area (TPSA) is 36.3 Å². The van der Waals surface area contributed by atoms with Gasteiger partial charge in [0, 0.05) is 12.6 Å². The van der Waals surface area contributed by atoms with Crippen molar-refractivity contribution in [3.63, 3.8) is 0 Å². The molecule has 18 heavy (non-hydrogen) atoms. The van der Waals surface area contributed by atoms with Crippen molar-refractivity contribution in [2.75, 3.05) is 18.1 Å². The molecular weight excluding hydrogens is 238 g/mol. The van der Waals surface area contributed by atoms with Crippen molar-refractivity contribution in [1.29, 1.82) is 5.26 Å². The van der Waals surface area contributed by atoms with Crippen LogP contribution in [0.2, 0.25) is 0 Å². The monoisotopic (exact) mass is 252 g/mol. The quantitative estimate of drug-likeness (QED) is 0.770. The molecule has 1 aromatic carbocycles. The normalized spacial score (nSPS) is 23.8. The fourth-order valence-electron chi connectivity index (χ4n) is 2.09. The third-order valence-corrected chi connectivity index (χ3v) is 3.10. The Kier molecular flexibility index (Phi) is 3.48. The van der Waals surface area contributed by atoms with E-state index in [2.05, 4.69) is 0 Å². The van der Waals surface area contributed by atoms with Crippen molar-refractivity contribution in [3.05, 3.63) is 29.3 Å². The Hall–Kier alpha value is -1.67. The molecule has 1 saturated heterocycles. The lowest BCUT2D eigenvalue weighted by atomic mass is 10.1. The summed E-state index contributed by atoms with van der Waals surface area (Å²) in [7, 11) is 0. The Bertz CT molecular complexity index is 498. The smallest absolute Gasteiger partial charge is 0.183 e. The first-order chi connectivity index (χ1) is 8.54. The van der Waals surface area contributed by atoms with Gasteiger partial charge in [-0.1, -0.05) is 0 Å². The van der Waals surface area contributed by atoms with Gasteiger partial charge in [0.2, 0.25) is 0 Å². The largest absolute Gasteiger partial charge is 0.375 e. The van der Waals surface area contributed by atoms with Crippen LogP contribution in [0.5, 0.6) is 0 Å². The number of hydrogen-bond acceptors (Lipinski definition) is 3. The minimum atomic E-state index is -1.08. The molecule has 0 N–H and O–H groups in total. The number of nitrogens with zero attached hydrogens (tertiary/aromatic N) is 2. The molecule has 1 aliphatic rings. The molecule has 5 heteroatoms. The summed E-state index contributed by atoms with van der Waals surface area (Å²) in [6, 6.07) is 4.36. The minimum Gasteiger partial charge on any atom is -0.375 e. The Morgan fingerprint density at radius 1 is 1.33 bits per heavy atom. The highest BCUT2D eigenvalue weighted by Gasteiger charge is 2.27. The molecule has 2 unspecified atom stereocenters. The van der Waals surface area contributed by atoms with Gasteiger partial charge >= 0.3 is 0 Å². The molecule has 1 aliphatic heterocycles. The summed E-state index contributed by atoms with van der Waals surface area (Å²) in [5.41, 5.74) is -0.0839. The van der Waals surface area contributed by atoms with Crippen LogP contribution in [0.3, 0.4) is 0 Å². The number of benzene rings is 1. The van der Waals surface area contributed by atoms with Crippen molar-refractivity contribution in [2.45, 2.75) is 26.0 Å². The SMILES string of the molecule is CC1CN(c2ccc(C#N)c(F)c2F)C(C)CO1. The van der Waals surface area contributed by atoms with Crippen LogP contribution in [0, 0.1) is 23.0 Å². The van der Waals surface area contributed by atoms with E-state index in [9.17, 15) is 8.78 Å². The van der Waals surface area contributed by atoms with Crippen molar-refractivity contribution in [3.8, 4) is 6.07 Å². The van der Waals surface area contributed by atoms with E-state index in [1.807, 2.05) is 13.8 Å². The molecule has 0 aromatic heterocycles. The lowest BCUT2D eigenvalue weighted by Gasteiger charge is -2.38. The maximum Gasteiger partial charge on any atom is 0.183 e. The number of rotatable bonds is 1. The van der Waals surface area contributed by atoms with Crippen molar-refractivity contribution < 1.29 is 13.5 Å². The van der Waals surface area contributed by atoms with Gasteiger partial charge in [-0.2, -0.15) is 5.26 Å². The van der Waals surface area contributed by atoms with E-state index in [-0.39, 0.29) is 23.4 Å². The number of nitriles is 1. The van der Waals surface area contributed by atoms with E-state index in [4.69, 9.17) is 10.00 Å². The van der Waals surface area contributed by atoms with Crippen LogP contribution in [0.25, 0.3) is 0 Å². The molecule has 96 valence electrons. The third-order valence-electron chi connectivity index (χ3n) is 3.10. The molecular formula is C13H14F2N2O. The Morgan fingerprint density at radius 3 is 2.72 bits per heavy atom. The van der Waals surface area contributed by atoms with E-state index >= 15 is 0 Å². The first kappa shape index (κ1) is 12.8. The molecule has 2 atom stereocenters. The highest BCUT2D eigenvalue weighted by Crippen LogP contribution is 2.27. The van der Waals surface area contributed by atoms with Crippen molar-refractivity contribution in [2.24, 2.45) is 0 Å². The fourth-order valence-corrected chi connectivity index (χ4v) is 2.09. The molecule has 0 saturated carbocycles. The molecule has 0 aliphatic carbocycles. The summed E-state index contributed by atoms with van der Waals surface area (Å²) in [6.07, 6.45) is -0.0284. The minimum absolute atomic E-state index is 0.0250. The molecule has 0 amide bonds. The predicted molar refractivity (Wildman–Crippen MR) is 63.3 cm³/mol. The second kappa shape index (κ2) is 4.91. The van der Waals surface area contributed by atoms with Gasteiger partial charge in [-0.15, -0.1) is 0 Å². The van der Waals surface area contributed by atoms with Gasteiger partial charge in [-0.25, -0.2) is 8.78 Å². The van der Waals surface area contributed by atoms with Gasteiger partial charge in [-0.3, -0.25) is 0 Å². The van der Waals surface area contributed by atoms with E-state index in [1.54, 1.807) is 11.0 Å². The number of ether oxygens (including phenoxy) is 1.